The highest BCUT2D eigenvalue weighted by Crippen LogP contribution is 2.06. The molecule has 1 aromatic heterocycles. The summed E-state index contributed by atoms with van der Waals surface area (Å²) in [6.07, 6.45) is 2.74. The van der Waals surface area contributed by atoms with Gasteiger partial charge in [0.15, 0.2) is 0 Å². The van der Waals surface area contributed by atoms with Gasteiger partial charge in [0.2, 0.25) is 5.91 Å². The van der Waals surface area contributed by atoms with E-state index in [9.17, 15) is 9.59 Å². The van der Waals surface area contributed by atoms with Crippen LogP contribution in [-0.2, 0) is 6.54 Å². The fourth-order valence-electron chi connectivity index (χ4n) is 1.52. The molecule has 92 valence electrons. The SMILES string of the molecule is NC(=O)c1ccc(Cn2cc(C(=O)O)cn2)cc1. The first kappa shape index (κ1) is 11.8. The molecule has 3 N–H and O–H groups in total. The van der Waals surface area contributed by atoms with Crippen LogP contribution in [-0.4, -0.2) is 26.8 Å². The van der Waals surface area contributed by atoms with Crippen LogP contribution in [0.3, 0.4) is 0 Å². The Hall–Kier alpha value is -2.63. The third-order valence-corrected chi connectivity index (χ3v) is 2.46. The minimum absolute atomic E-state index is 0.142. The Balaban J connectivity index is 2.13. The average molecular weight is 245 g/mol. The second-order valence-corrected chi connectivity index (χ2v) is 3.79. The number of nitrogens with two attached hydrogens (primary N) is 1. The predicted molar refractivity (Wildman–Crippen MR) is 63.2 cm³/mol. The van der Waals surface area contributed by atoms with E-state index in [1.807, 2.05) is 0 Å². The zero-order valence-electron chi connectivity index (χ0n) is 9.41. The lowest BCUT2D eigenvalue weighted by atomic mass is 10.1. The number of carboxylic acid groups (broad SMARTS) is 1. The maximum atomic E-state index is 10.9. The van der Waals surface area contributed by atoms with Crippen molar-refractivity contribution < 1.29 is 14.7 Å². The number of aromatic nitrogens is 2. The Bertz CT molecular complexity index is 587. The van der Waals surface area contributed by atoms with Crippen LogP contribution in [0, 0.1) is 0 Å². The second-order valence-electron chi connectivity index (χ2n) is 3.79. The average Bonchev–Trinajstić information content (AvgIpc) is 2.78. The Labute approximate surface area is 103 Å². The van der Waals surface area contributed by atoms with Gasteiger partial charge in [-0.05, 0) is 17.7 Å². The number of primary amides is 1. The van der Waals surface area contributed by atoms with Gasteiger partial charge in [-0.2, -0.15) is 5.10 Å². The number of carbonyl (C=O) groups is 2. The second kappa shape index (κ2) is 4.70. The van der Waals surface area contributed by atoms with Gasteiger partial charge >= 0.3 is 5.97 Å². The van der Waals surface area contributed by atoms with Crippen LogP contribution >= 0.6 is 0 Å². The number of amides is 1. The first-order valence-corrected chi connectivity index (χ1v) is 5.21. The molecule has 0 spiro atoms. The summed E-state index contributed by atoms with van der Waals surface area (Å²) >= 11 is 0. The number of benzene rings is 1. The third-order valence-electron chi connectivity index (χ3n) is 2.46. The minimum Gasteiger partial charge on any atom is -0.478 e. The third kappa shape index (κ3) is 2.54. The standard InChI is InChI=1S/C12H11N3O3/c13-11(16)9-3-1-8(2-4-9)6-15-7-10(5-14-15)12(17)18/h1-5,7H,6H2,(H2,13,16)(H,17,18). The molecule has 0 aliphatic heterocycles. The topological polar surface area (TPSA) is 98.2 Å². The molecular weight excluding hydrogens is 234 g/mol. The van der Waals surface area contributed by atoms with Crippen molar-refractivity contribution in [3.05, 3.63) is 53.3 Å². The van der Waals surface area contributed by atoms with Gasteiger partial charge in [-0.25, -0.2) is 4.79 Å². The van der Waals surface area contributed by atoms with Crippen LogP contribution in [0.4, 0.5) is 0 Å². The van der Waals surface area contributed by atoms with Crippen molar-refractivity contribution in [1.29, 1.82) is 0 Å². The molecule has 1 aromatic carbocycles. The van der Waals surface area contributed by atoms with Gasteiger partial charge in [0.05, 0.1) is 18.3 Å². The number of carbonyl (C=O) groups excluding carboxylic acids is 1. The van der Waals surface area contributed by atoms with Crippen LogP contribution in [0.15, 0.2) is 36.7 Å². The highest BCUT2D eigenvalue weighted by molar-refractivity contribution is 5.92. The molecule has 0 saturated heterocycles. The molecule has 0 unspecified atom stereocenters. The number of rotatable bonds is 4. The van der Waals surface area contributed by atoms with E-state index in [-0.39, 0.29) is 5.56 Å². The quantitative estimate of drug-likeness (QED) is 0.829. The van der Waals surface area contributed by atoms with Gasteiger partial charge in [0, 0.05) is 11.8 Å². The number of nitrogens with zero attached hydrogens (tertiary/aromatic N) is 2. The molecule has 2 aromatic rings. The highest BCUT2D eigenvalue weighted by Gasteiger charge is 2.06. The molecule has 2 rings (SSSR count). The van der Waals surface area contributed by atoms with Crippen molar-refractivity contribution in [2.45, 2.75) is 6.54 Å². The Morgan fingerprint density at radius 3 is 2.39 bits per heavy atom. The molecule has 6 heteroatoms. The summed E-state index contributed by atoms with van der Waals surface area (Å²) in [5.41, 5.74) is 6.61. The first-order chi connectivity index (χ1) is 8.56. The highest BCUT2D eigenvalue weighted by atomic mass is 16.4. The van der Waals surface area contributed by atoms with E-state index in [2.05, 4.69) is 5.10 Å². The van der Waals surface area contributed by atoms with Crippen LogP contribution in [0.5, 0.6) is 0 Å². The summed E-state index contributed by atoms with van der Waals surface area (Å²) in [6, 6.07) is 6.75. The Morgan fingerprint density at radius 1 is 1.22 bits per heavy atom. The van der Waals surface area contributed by atoms with Gasteiger partial charge in [-0.15, -0.1) is 0 Å². The lowest BCUT2D eigenvalue weighted by molar-refractivity contribution is 0.0696. The van der Waals surface area contributed by atoms with E-state index in [1.165, 1.54) is 17.1 Å². The van der Waals surface area contributed by atoms with E-state index in [4.69, 9.17) is 10.8 Å². The van der Waals surface area contributed by atoms with Crippen LogP contribution in [0.1, 0.15) is 26.3 Å². The summed E-state index contributed by atoms with van der Waals surface area (Å²) in [5.74, 6) is -1.49. The van der Waals surface area contributed by atoms with E-state index in [0.717, 1.165) is 5.56 Å². The fourth-order valence-corrected chi connectivity index (χ4v) is 1.52. The first-order valence-electron chi connectivity index (χ1n) is 5.21. The van der Waals surface area contributed by atoms with Crippen molar-refractivity contribution >= 4 is 11.9 Å². The molecule has 0 fully saturated rings. The number of hydrogen-bond acceptors (Lipinski definition) is 3. The lowest BCUT2D eigenvalue weighted by Gasteiger charge is -2.02. The van der Waals surface area contributed by atoms with Crippen LogP contribution < -0.4 is 5.73 Å². The maximum Gasteiger partial charge on any atom is 0.338 e. The Morgan fingerprint density at radius 2 is 1.89 bits per heavy atom. The van der Waals surface area contributed by atoms with Gasteiger partial charge < -0.3 is 10.8 Å². The van der Waals surface area contributed by atoms with E-state index in [1.54, 1.807) is 24.3 Å². The minimum atomic E-state index is -1.01. The summed E-state index contributed by atoms with van der Waals surface area (Å²) in [5, 5.41) is 12.7. The summed E-state index contributed by atoms with van der Waals surface area (Å²) in [4.78, 5) is 21.6. The normalized spacial score (nSPS) is 10.2. The molecule has 0 saturated carbocycles. The smallest absolute Gasteiger partial charge is 0.338 e. The zero-order valence-corrected chi connectivity index (χ0v) is 9.41. The number of hydrogen-bond donors (Lipinski definition) is 2. The van der Waals surface area contributed by atoms with E-state index < -0.39 is 11.9 Å². The van der Waals surface area contributed by atoms with Gasteiger partial charge in [-0.3, -0.25) is 9.48 Å². The van der Waals surface area contributed by atoms with E-state index >= 15 is 0 Å². The molecule has 18 heavy (non-hydrogen) atoms. The zero-order chi connectivity index (χ0) is 13.1. The van der Waals surface area contributed by atoms with E-state index in [0.29, 0.717) is 12.1 Å². The van der Waals surface area contributed by atoms with Crippen molar-refractivity contribution in [3.63, 3.8) is 0 Å². The molecule has 1 amide bonds. The summed E-state index contributed by atoms with van der Waals surface area (Å²) in [7, 11) is 0. The molecule has 0 bridgehead atoms. The molecule has 0 aliphatic rings. The van der Waals surface area contributed by atoms with Crippen LogP contribution in [0.25, 0.3) is 0 Å². The monoisotopic (exact) mass is 245 g/mol. The molecular formula is C12H11N3O3. The van der Waals surface area contributed by atoms with Gasteiger partial charge in [0.1, 0.15) is 0 Å². The predicted octanol–water partition coefficient (Wildman–Crippen LogP) is 0.729. The summed E-state index contributed by atoms with van der Waals surface area (Å²) in [6.45, 7) is 0.437. The molecule has 0 radical (unpaired) electrons. The van der Waals surface area contributed by atoms with Crippen molar-refractivity contribution in [1.82, 2.24) is 9.78 Å². The number of carboxylic acids is 1. The maximum absolute atomic E-state index is 10.9. The van der Waals surface area contributed by atoms with Crippen molar-refractivity contribution in [2.75, 3.05) is 0 Å². The Kier molecular flexibility index (Phi) is 3.09. The lowest BCUT2D eigenvalue weighted by Crippen LogP contribution is -2.10. The summed E-state index contributed by atoms with van der Waals surface area (Å²) < 4.78 is 1.52. The van der Waals surface area contributed by atoms with Gasteiger partial charge in [-0.1, -0.05) is 12.1 Å². The molecule has 0 atom stereocenters. The molecule has 6 nitrogen and oxygen atoms in total. The van der Waals surface area contributed by atoms with Crippen molar-refractivity contribution in [3.8, 4) is 0 Å². The van der Waals surface area contributed by atoms with Crippen molar-refractivity contribution in [2.24, 2.45) is 5.73 Å². The number of aromatic carboxylic acids is 1. The van der Waals surface area contributed by atoms with Gasteiger partial charge in [0.25, 0.3) is 0 Å². The van der Waals surface area contributed by atoms with Crippen LogP contribution in [0.2, 0.25) is 0 Å². The molecule has 1 heterocycles. The molecule has 0 aliphatic carbocycles. The largest absolute Gasteiger partial charge is 0.478 e. The fraction of sp³-hybridized carbons (Fsp3) is 0.0833.